The zero-order chi connectivity index (χ0) is 11.9. The van der Waals surface area contributed by atoms with Crippen LogP contribution in [0.3, 0.4) is 0 Å². The normalized spacial score (nSPS) is 14.6. The first-order valence-electron chi connectivity index (χ1n) is 6.00. The third kappa shape index (κ3) is 4.97. The van der Waals surface area contributed by atoms with E-state index in [0.717, 1.165) is 18.0 Å². The minimum Gasteiger partial charge on any atom is -0.308 e. The number of amides is 1. The van der Waals surface area contributed by atoms with Crippen molar-refractivity contribution in [2.45, 2.75) is 19.4 Å². The Morgan fingerprint density at radius 3 is 2.76 bits per heavy atom. The molecule has 92 valence electrons. The van der Waals surface area contributed by atoms with Crippen LogP contribution in [0.1, 0.15) is 18.4 Å². The van der Waals surface area contributed by atoms with Gasteiger partial charge in [-0.1, -0.05) is 30.3 Å². The summed E-state index contributed by atoms with van der Waals surface area (Å²) >= 11 is 0. The van der Waals surface area contributed by atoms with E-state index < -0.39 is 0 Å². The summed E-state index contributed by atoms with van der Waals surface area (Å²) in [4.78, 5) is 16.5. The molecule has 0 aliphatic heterocycles. The maximum atomic E-state index is 11.3. The van der Waals surface area contributed by atoms with Crippen molar-refractivity contribution in [3.8, 4) is 0 Å². The molecule has 4 nitrogen and oxygen atoms in total. The average Bonchev–Trinajstić information content (AvgIpc) is 3.14. The van der Waals surface area contributed by atoms with E-state index in [4.69, 9.17) is 4.84 Å². The molecule has 0 aromatic heterocycles. The molecule has 17 heavy (non-hydrogen) atoms. The third-order valence-electron chi connectivity index (χ3n) is 2.68. The molecule has 1 aromatic rings. The molecule has 1 aliphatic rings. The Morgan fingerprint density at radius 1 is 1.29 bits per heavy atom. The quantitative estimate of drug-likeness (QED) is 0.698. The van der Waals surface area contributed by atoms with Gasteiger partial charge in [0, 0.05) is 0 Å². The van der Waals surface area contributed by atoms with E-state index >= 15 is 0 Å². The highest BCUT2D eigenvalue weighted by atomic mass is 16.6. The Hall–Kier alpha value is -1.39. The van der Waals surface area contributed by atoms with Crippen LogP contribution in [0.5, 0.6) is 0 Å². The van der Waals surface area contributed by atoms with Crippen molar-refractivity contribution >= 4 is 5.91 Å². The molecule has 4 heteroatoms. The Morgan fingerprint density at radius 2 is 2.06 bits per heavy atom. The van der Waals surface area contributed by atoms with Crippen molar-refractivity contribution in [3.63, 3.8) is 0 Å². The van der Waals surface area contributed by atoms with Gasteiger partial charge in [-0.15, -0.1) is 0 Å². The first-order chi connectivity index (χ1) is 8.34. The van der Waals surface area contributed by atoms with E-state index in [9.17, 15) is 4.79 Å². The third-order valence-corrected chi connectivity index (χ3v) is 2.68. The van der Waals surface area contributed by atoms with Crippen molar-refractivity contribution in [2.75, 3.05) is 13.1 Å². The molecule has 0 bridgehead atoms. The first kappa shape index (κ1) is 12.1. The minimum absolute atomic E-state index is 0.124. The van der Waals surface area contributed by atoms with Gasteiger partial charge >= 0.3 is 0 Å². The van der Waals surface area contributed by atoms with Crippen molar-refractivity contribution in [2.24, 2.45) is 5.92 Å². The van der Waals surface area contributed by atoms with E-state index in [1.54, 1.807) is 0 Å². The molecule has 0 radical (unpaired) electrons. The van der Waals surface area contributed by atoms with Crippen LogP contribution in [0.4, 0.5) is 0 Å². The molecule has 1 aromatic carbocycles. The highest BCUT2D eigenvalue weighted by Gasteiger charge is 2.20. The van der Waals surface area contributed by atoms with Crippen molar-refractivity contribution < 1.29 is 9.63 Å². The van der Waals surface area contributed by atoms with Gasteiger partial charge in [0.05, 0.1) is 13.2 Å². The molecule has 1 amide bonds. The monoisotopic (exact) mass is 234 g/mol. The number of carbonyl (C=O) groups excluding carboxylic acids is 1. The molecule has 2 N–H and O–H groups in total. The number of benzene rings is 1. The summed E-state index contributed by atoms with van der Waals surface area (Å²) in [5, 5.41) is 3.10. The van der Waals surface area contributed by atoms with E-state index in [0.29, 0.717) is 13.2 Å². The Labute approximate surface area is 101 Å². The lowest BCUT2D eigenvalue weighted by Crippen LogP contribution is -2.34. The summed E-state index contributed by atoms with van der Waals surface area (Å²) in [6, 6.07) is 9.74. The first-order valence-corrected chi connectivity index (χ1v) is 6.00. The standard InChI is InChI=1S/C13H18N2O2/c16-13(9-14-8-11-6-7-11)15-17-10-12-4-2-1-3-5-12/h1-5,11,14H,6-10H2,(H,15,16). The second-order valence-electron chi connectivity index (χ2n) is 4.37. The maximum absolute atomic E-state index is 11.3. The predicted octanol–water partition coefficient (Wildman–Crippen LogP) is 1.23. The molecule has 1 aliphatic carbocycles. The predicted molar refractivity (Wildman–Crippen MR) is 65.0 cm³/mol. The SMILES string of the molecule is O=C(CNCC1CC1)NOCc1ccccc1. The van der Waals surface area contributed by atoms with Crippen molar-refractivity contribution in [3.05, 3.63) is 35.9 Å². The van der Waals surface area contributed by atoms with Crippen LogP contribution in [0.25, 0.3) is 0 Å². The summed E-state index contributed by atoms with van der Waals surface area (Å²) in [5.74, 6) is 0.662. The van der Waals surface area contributed by atoms with Gasteiger partial charge in [0.2, 0.25) is 0 Å². The number of hydrogen-bond donors (Lipinski definition) is 2. The second-order valence-corrected chi connectivity index (χ2v) is 4.37. The maximum Gasteiger partial charge on any atom is 0.257 e. The molecule has 1 saturated carbocycles. The van der Waals surface area contributed by atoms with Gasteiger partial charge in [-0.3, -0.25) is 9.63 Å². The van der Waals surface area contributed by atoms with Gasteiger partial charge in [-0.2, -0.15) is 0 Å². The Kier molecular flexibility index (Phi) is 4.53. The van der Waals surface area contributed by atoms with Crippen LogP contribution in [-0.2, 0) is 16.2 Å². The number of hydrogen-bond acceptors (Lipinski definition) is 3. The van der Waals surface area contributed by atoms with E-state index in [2.05, 4.69) is 10.8 Å². The van der Waals surface area contributed by atoms with Gasteiger partial charge in [0.1, 0.15) is 0 Å². The summed E-state index contributed by atoms with van der Waals surface area (Å²) in [6.45, 7) is 1.66. The van der Waals surface area contributed by atoms with Crippen LogP contribution < -0.4 is 10.8 Å². The van der Waals surface area contributed by atoms with Crippen molar-refractivity contribution in [1.29, 1.82) is 0 Å². The fourth-order valence-electron chi connectivity index (χ4n) is 1.52. The molecule has 0 unspecified atom stereocenters. The summed E-state index contributed by atoms with van der Waals surface area (Å²) in [7, 11) is 0. The lowest BCUT2D eigenvalue weighted by atomic mass is 10.2. The zero-order valence-corrected chi connectivity index (χ0v) is 9.82. The van der Waals surface area contributed by atoms with Crippen LogP contribution in [0, 0.1) is 5.92 Å². The zero-order valence-electron chi connectivity index (χ0n) is 9.82. The molecule has 0 spiro atoms. The number of rotatable bonds is 7. The molecule has 2 rings (SSSR count). The van der Waals surface area contributed by atoms with Gasteiger partial charge in [-0.25, -0.2) is 5.48 Å². The van der Waals surface area contributed by atoms with Gasteiger partial charge in [0.15, 0.2) is 0 Å². The van der Waals surface area contributed by atoms with Crippen LogP contribution in [-0.4, -0.2) is 19.0 Å². The van der Waals surface area contributed by atoms with Crippen LogP contribution >= 0.6 is 0 Å². The fourth-order valence-corrected chi connectivity index (χ4v) is 1.52. The van der Waals surface area contributed by atoms with Crippen molar-refractivity contribution in [1.82, 2.24) is 10.8 Å². The summed E-state index contributed by atoms with van der Waals surface area (Å²) < 4.78 is 0. The Balaban J connectivity index is 1.53. The molecular weight excluding hydrogens is 216 g/mol. The molecule has 0 saturated heterocycles. The van der Waals surface area contributed by atoms with E-state index in [1.165, 1.54) is 12.8 Å². The number of carbonyl (C=O) groups is 1. The van der Waals surface area contributed by atoms with E-state index in [-0.39, 0.29) is 5.91 Å². The molecular formula is C13H18N2O2. The topological polar surface area (TPSA) is 50.4 Å². The lowest BCUT2D eigenvalue weighted by molar-refractivity contribution is -0.133. The molecule has 0 atom stereocenters. The largest absolute Gasteiger partial charge is 0.308 e. The fraction of sp³-hybridized carbons (Fsp3) is 0.462. The highest BCUT2D eigenvalue weighted by molar-refractivity contribution is 5.76. The summed E-state index contributed by atoms with van der Waals surface area (Å²) in [5.41, 5.74) is 3.46. The smallest absolute Gasteiger partial charge is 0.257 e. The molecule has 0 heterocycles. The number of hydroxylamine groups is 1. The average molecular weight is 234 g/mol. The van der Waals surface area contributed by atoms with Crippen LogP contribution in [0.15, 0.2) is 30.3 Å². The minimum atomic E-state index is -0.124. The van der Waals surface area contributed by atoms with Gasteiger partial charge in [-0.05, 0) is 30.9 Å². The van der Waals surface area contributed by atoms with Crippen LogP contribution in [0.2, 0.25) is 0 Å². The number of nitrogens with one attached hydrogen (secondary N) is 2. The highest BCUT2D eigenvalue weighted by Crippen LogP contribution is 2.27. The van der Waals surface area contributed by atoms with Gasteiger partial charge < -0.3 is 5.32 Å². The second kappa shape index (κ2) is 6.37. The molecule has 1 fully saturated rings. The lowest BCUT2D eigenvalue weighted by Gasteiger charge is -2.06. The van der Waals surface area contributed by atoms with Gasteiger partial charge in [0.25, 0.3) is 5.91 Å². The Bertz CT molecular complexity index is 350. The van der Waals surface area contributed by atoms with E-state index in [1.807, 2.05) is 30.3 Å². The summed E-state index contributed by atoms with van der Waals surface area (Å²) in [6.07, 6.45) is 2.58.